The SMILES string of the molecule is CC(Cc1ccc(Cl)cc1)N1CC(CC(=O)O)C1. The second-order valence-corrected chi connectivity index (χ2v) is 5.53. The molecule has 1 unspecified atom stereocenters. The summed E-state index contributed by atoms with van der Waals surface area (Å²) in [6.07, 6.45) is 1.28. The van der Waals surface area contributed by atoms with E-state index >= 15 is 0 Å². The minimum absolute atomic E-state index is 0.296. The zero-order valence-corrected chi connectivity index (χ0v) is 11.2. The molecule has 0 amide bonds. The molecule has 1 aromatic carbocycles. The summed E-state index contributed by atoms with van der Waals surface area (Å²) in [5.74, 6) is -0.361. The van der Waals surface area contributed by atoms with Crippen LogP contribution in [0.2, 0.25) is 5.02 Å². The summed E-state index contributed by atoms with van der Waals surface area (Å²) in [5.41, 5.74) is 1.27. The van der Waals surface area contributed by atoms with Gasteiger partial charge in [0.25, 0.3) is 0 Å². The molecule has 1 fully saturated rings. The molecule has 0 aromatic heterocycles. The van der Waals surface area contributed by atoms with Crippen LogP contribution in [0.1, 0.15) is 18.9 Å². The smallest absolute Gasteiger partial charge is 0.303 e. The monoisotopic (exact) mass is 267 g/mol. The van der Waals surface area contributed by atoms with Crippen molar-refractivity contribution in [3.05, 3.63) is 34.9 Å². The molecule has 0 aliphatic carbocycles. The van der Waals surface area contributed by atoms with Crippen molar-refractivity contribution < 1.29 is 9.90 Å². The predicted octanol–water partition coefficient (Wildman–Crippen LogP) is 2.68. The van der Waals surface area contributed by atoms with E-state index in [1.54, 1.807) is 0 Å². The number of rotatable bonds is 5. The molecule has 18 heavy (non-hydrogen) atoms. The van der Waals surface area contributed by atoms with Crippen molar-refractivity contribution in [2.24, 2.45) is 5.92 Å². The number of benzene rings is 1. The molecule has 98 valence electrons. The number of carboxylic acid groups (broad SMARTS) is 1. The molecule has 0 saturated carbocycles. The Bertz CT molecular complexity index is 412. The number of likely N-dealkylation sites (tertiary alicyclic amines) is 1. The second kappa shape index (κ2) is 5.72. The second-order valence-electron chi connectivity index (χ2n) is 5.10. The van der Waals surface area contributed by atoms with Crippen LogP contribution in [-0.4, -0.2) is 35.1 Å². The van der Waals surface area contributed by atoms with Gasteiger partial charge in [0.15, 0.2) is 0 Å². The standard InChI is InChI=1S/C14H18ClNO2/c1-10(6-11-2-4-13(15)5-3-11)16-8-12(9-16)7-14(17)18/h2-5,10,12H,6-9H2,1H3,(H,17,18). The van der Waals surface area contributed by atoms with E-state index in [0.29, 0.717) is 18.4 Å². The summed E-state index contributed by atoms with van der Waals surface area (Å²) in [6.45, 7) is 3.99. The van der Waals surface area contributed by atoms with Gasteiger partial charge in [-0.3, -0.25) is 9.69 Å². The van der Waals surface area contributed by atoms with Crippen molar-refractivity contribution in [2.45, 2.75) is 25.8 Å². The lowest BCUT2D eigenvalue weighted by Crippen LogP contribution is -2.52. The molecule has 1 saturated heterocycles. The maximum absolute atomic E-state index is 10.6. The molecule has 1 aliphatic heterocycles. The summed E-state index contributed by atoms with van der Waals surface area (Å²) in [4.78, 5) is 12.9. The Balaban J connectivity index is 1.78. The fourth-order valence-corrected chi connectivity index (χ4v) is 2.56. The van der Waals surface area contributed by atoms with Crippen LogP contribution in [-0.2, 0) is 11.2 Å². The quantitative estimate of drug-likeness (QED) is 0.892. The number of hydrogen-bond donors (Lipinski definition) is 1. The number of halogens is 1. The van der Waals surface area contributed by atoms with Gasteiger partial charge in [-0.1, -0.05) is 23.7 Å². The van der Waals surface area contributed by atoms with E-state index < -0.39 is 5.97 Å². The van der Waals surface area contributed by atoms with Crippen LogP contribution >= 0.6 is 11.6 Å². The van der Waals surface area contributed by atoms with Crippen molar-refractivity contribution in [3.63, 3.8) is 0 Å². The van der Waals surface area contributed by atoms with Crippen LogP contribution in [0.3, 0.4) is 0 Å². The first-order valence-corrected chi connectivity index (χ1v) is 6.62. The molecular formula is C14H18ClNO2. The zero-order valence-electron chi connectivity index (χ0n) is 10.5. The van der Waals surface area contributed by atoms with Gasteiger partial charge < -0.3 is 5.11 Å². The molecular weight excluding hydrogens is 250 g/mol. The van der Waals surface area contributed by atoms with E-state index in [4.69, 9.17) is 16.7 Å². The summed E-state index contributed by atoms with van der Waals surface area (Å²) in [5, 5.41) is 9.46. The summed E-state index contributed by atoms with van der Waals surface area (Å²) >= 11 is 5.85. The molecule has 4 heteroatoms. The third-order valence-corrected chi connectivity index (χ3v) is 3.77. The fraction of sp³-hybridized carbons (Fsp3) is 0.500. The van der Waals surface area contributed by atoms with Crippen molar-refractivity contribution in [2.75, 3.05) is 13.1 Å². The van der Waals surface area contributed by atoms with Gasteiger partial charge in [-0.25, -0.2) is 0 Å². The average molecular weight is 268 g/mol. The highest BCUT2D eigenvalue weighted by Crippen LogP contribution is 2.23. The maximum atomic E-state index is 10.6. The van der Waals surface area contributed by atoms with Gasteiger partial charge in [0, 0.05) is 24.2 Å². The minimum atomic E-state index is -0.690. The topological polar surface area (TPSA) is 40.5 Å². The van der Waals surface area contributed by atoms with Crippen LogP contribution in [0.4, 0.5) is 0 Å². The van der Waals surface area contributed by atoms with E-state index in [1.807, 2.05) is 24.3 Å². The summed E-state index contributed by atoms with van der Waals surface area (Å²) in [6, 6.07) is 8.37. The van der Waals surface area contributed by atoms with E-state index in [0.717, 1.165) is 24.5 Å². The zero-order chi connectivity index (χ0) is 13.1. The van der Waals surface area contributed by atoms with Gasteiger partial charge in [0.05, 0.1) is 6.42 Å². The predicted molar refractivity (Wildman–Crippen MR) is 71.9 cm³/mol. The van der Waals surface area contributed by atoms with Crippen LogP contribution in [0.5, 0.6) is 0 Å². The Morgan fingerprint density at radius 3 is 2.61 bits per heavy atom. The van der Waals surface area contributed by atoms with Crippen LogP contribution in [0.25, 0.3) is 0 Å². The summed E-state index contributed by atoms with van der Waals surface area (Å²) < 4.78 is 0. The van der Waals surface area contributed by atoms with Crippen LogP contribution in [0.15, 0.2) is 24.3 Å². The third kappa shape index (κ3) is 3.47. The Kier molecular flexibility index (Phi) is 4.25. The number of carboxylic acids is 1. The number of carbonyl (C=O) groups is 1. The Morgan fingerprint density at radius 2 is 2.06 bits per heavy atom. The first-order valence-electron chi connectivity index (χ1n) is 6.25. The lowest BCUT2D eigenvalue weighted by atomic mass is 9.93. The van der Waals surface area contributed by atoms with Crippen molar-refractivity contribution in [3.8, 4) is 0 Å². The van der Waals surface area contributed by atoms with Crippen molar-refractivity contribution >= 4 is 17.6 Å². The van der Waals surface area contributed by atoms with E-state index in [9.17, 15) is 4.79 Å². The van der Waals surface area contributed by atoms with Gasteiger partial charge in [0.2, 0.25) is 0 Å². The highest BCUT2D eigenvalue weighted by Gasteiger charge is 2.31. The Morgan fingerprint density at radius 1 is 1.44 bits per heavy atom. The molecule has 0 spiro atoms. The van der Waals surface area contributed by atoms with Crippen molar-refractivity contribution in [1.29, 1.82) is 0 Å². The van der Waals surface area contributed by atoms with E-state index in [1.165, 1.54) is 5.56 Å². The number of nitrogens with zero attached hydrogens (tertiary/aromatic N) is 1. The number of aliphatic carboxylic acids is 1. The Labute approximate surface area is 112 Å². The summed E-state index contributed by atoms with van der Waals surface area (Å²) in [7, 11) is 0. The maximum Gasteiger partial charge on any atom is 0.303 e. The van der Waals surface area contributed by atoms with Gasteiger partial charge in [-0.15, -0.1) is 0 Å². The molecule has 0 bridgehead atoms. The Hall–Kier alpha value is -1.06. The van der Waals surface area contributed by atoms with E-state index in [2.05, 4.69) is 11.8 Å². The normalized spacial score (nSPS) is 18.3. The molecule has 1 aliphatic rings. The van der Waals surface area contributed by atoms with Gasteiger partial charge in [-0.2, -0.15) is 0 Å². The molecule has 0 radical (unpaired) electrons. The first-order chi connectivity index (χ1) is 8.54. The molecule has 1 heterocycles. The molecule has 1 aromatic rings. The molecule has 1 N–H and O–H groups in total. The van der Waals surface area contributed by atoms with E-state index in [-0.39, 0.29) is 0 Å². The average Bonchev–Trinajstić information content (AvgIpc) is 2.25. The molecule has 2 rings (SSSR count). The largest absolute Gasteiger partial charge is 0.481 e. The van der Waals surface area contributed by atoms with Gasteiger partial charge in [-0.05, 0) is 37.0 Å². The highest BCUT2D eigenvalue weighted by atomic mass is 35.5. The minimum Gasteiger partial charge on any atom is -0.481 e. The third-order valence-electron chi connectivity index (χ3n) is 3.52. The first kappa shape index (κ1) is 13.4. The molecule has 3 nitrogen and oxygen atoms in total. The lowest BCUT2D eigenvalue weighted by molar-refractivity contribution is -0.139. The van der Waals surface area contributed by atoms with Crippen LogP contribution < -0.4 is 0 Å². The number of hydrogen-bond acceptors (Lipinski definition) is 2. The van der Waals surface area contributed by atoms with Gasteiger partial charge >= 0.3 is 5.97 Å². The van der Waals surface area contributed by atoms with Gasteiger partial charge in [0.1, 0.15) is 0 Å². The van der Waals surface area contributed by atoms with Crippen LogP contribution in [0, 0.1) is 5.92 Å². The highest BCUT2D eigenvalue weighted by molar-refractivity contribution is 6.30. The lowest BCUT2D eigenvalue weighted by Gasteiger charge is -2.42. The molecule has 1 atom stereocenters. The van der Waals surface area contributed by atoms with Crippen molar-refractivity contribution in [1.82, 2.24) is 4.90 Å². The fourth-order valence-electron chi connectivity index (χ4n) is 2.44.